The van der Waals surface area contributed by atoms with E-state index in [0.29, 0.717) is 45.5 Å². The monoisotopic (exact) mass is 386 g/mol. The van der Waals surface area contributed by atoms with Crippen LogP contribution in [0.5, 0.6) is 0 Å². The summed E-state index contributed by atoms with van der Waals surface area (Å²) < 4.78 is 37.6. The molecule has 148 valence electrons. The lowest BCUT2D eigenvalue weighted by Gasteiger charge is -2.27. The van der Waals surface area contributed by atoms with Gasteiger partial charge in [-0.1, -0.05) is 0 Å². The first-order chi connectivity index (χ1) is 11.4. The molecule has 0 rings (SSSR count). The molecule has 0 aliphatic rings. The number of hydrogen-bond acceptors (Lipinski definition) is 7. The Bertz CT molecular complexity index is 224. The summed E-state index contributed by atoms with van der Waals surface area (Å²) in [5, 5.41) is 0. The maximum absolute atomic E-state index is 5.52. The Labute approximate surface area is 150 Å². The molecule has 0 aromatic carbocycles. The molecule has 0 unspecified atom stereocenters. The van der Waals surface area contributed by atoms with Gasteiger partial charge in [0.05, 0.1) is 6.23 Å². The van der Waals surface area contributed by atoms with Gasteiger partial charge in [0.25, 0.3) is 0 Å². The van der Waals surface area contributed by atoms with Crippen LogP contribution in [0.4, 0.5) is 0 Å². The molecule has 0 saturated heterocycles. The average molecular weight is 387 g/mol. The molecule has 0 N–H and O–H groups in total. The molecule has 0 aromatic rings. The minimum atomic E-state index is -2.52. The number of hydrogen-bond donors (Lipinski definition) is 0. The van der Waals surface area contributed by atoms with Crippen LogP contribution in [0.3, 0.4) is 0 Å². The second kappa shape index (κ2) is 16.6. The molecule has 0 aliphatic carbocycles. The molecule has 0 bridgehead atoms. The van der Waals surface area contributed by atoms with Crippen molar-refractivity contribution in [1.29, 1.82) is 0 Å². The van der Waals surface area contributed by atoms with Crippen LogP contribution in [0, 0.1) is 0 Å². The van der Waals surface area contributed by atoms with Gasteiger partial charge in [-0.2, -0.15) is 0 Å². The zero-order valence-corrected chi connectivity index (χ0v) is 18.8. The zero-order chi connectivity index (χ0) is 18.9. The molecule has 0 saturated carbocycles. The standard InChI is InChI=1S/C8H20O4Si.C7H18O3Si/c1-5-10-13(8-9-4,11-6-2)12-7-3;1-5-9-11(4,7-8-3)10-6-2/h5-8H2,1-4H3;5-7H2,1-4H3. The van der Waals surface area contributed by atoms with Gasteiger partial charge >= 0.3 is 17.4 Å². The summed E-state index contributed by atoms with van der Waals surface area (Å²) in [6, 6.07) is 0. The van der Waals surface area contributed by atoms with Gasteiger partial charge in [-0.25, -0.2) is 0 Å². The van der Waals surface area contributed by atoms with Crippen LogP contribution in [0.15, 0.2) is 0 Å². The summed E-state index contributed by atoms with van der Waals surface area (Å²) in [6.07, 6.45) is 1.02. The Morgan fingerprint density at radius 2 is 0.875 bits per heavy atom. The van der Waals surface area contributed by atoms with Crippen LogP contribution >= 0.6 is 0 Å². The topological polar surface area (TPSA) is 64.6 Å². The lowest BCUT2D eigenvalue weighted by atomic mass is 10.9. The van der Waals surface area contributed by atoms with Crippen LogP contribution in [0.2, 0.25) is 6.55 Å². The predicted molar refractivity (Wildman–Crippen MR) is 99.3 cm³/mol. The number of ether oxygens (including phenoxy) is 2. The normalized spacial score (nSPS) is 12.0. The second-order valence-corrected chi connectivity index (χ2v) is 10.5. The van der Waals surface area contributed by atoms with E-state index in [4.69, 9.17) is 31.6 Å². The van der Waals surface area contributed by atoms with Crippen molar-refractivity contribution in [3.63, 3.8) is 0 Å². The van der Waals surface area contributed by atoms with Crippen molar-refractivity contribution in [3.05, 3.63) is 0 Å². The molecule has 24 heavy (non-hydrogen) atoms. The van der Waals surface area contributed by atoms with Gasteiger partial charge < -0.3 is 31.6 Å². The van der Waals surface area contributed by atoms with Crippen LogP contribution in [0.25, 0.3) is 0 Å². The third-order valence-corrected chi connectivity index (χ3v) is 8.16. The molecule has 0 aliphatic heterocycles. The van der Waals surface area contributed by atoms with Crippen LogP contribution in [-0.4, -0.2) is 77.1 Å². The molecule has 0 fully saturated rings. The first-order valence-electron chi connectivity index (χ1n) is 8.60. The highest BCUT2D eigenvalue weighted by atomic mass is 28.4. The van der Waals surface area contributed by atoms with Crippen molar-refractivity contribution in [3.8, 4) is 0 Å². The highest BCUT2D eigenvalue weighted by molar-refractivity contribution is 6.65. The van der Waals surface area contributed by atoms with Crippen molar-refractivity contribution < 1.29 is 31.6 Å². The fourth-order valence-electron chi connectivity index (χ4n) is 2.08. The van der Waals surface area contributed by atoms with E-state index >= 15 is 0 Å². The highest BCUT2D eigenvalue weighted by Crippen LogP contribution is 2.10. The Balaban J connectivity index is 0. The molecule has 9 heteroatoms. The third kappa shape index (κ3) is 12.5. The Morgan fingerprint density at radius 1 is 0.542 bits per heavy atom. The fourth-order valence-corrected chi connectivity index (χ4v) is 6.25. The van der Waals surface area contributed by atoms with E-state index in [0.717, 1.165) is 0 Å². The minimum Gasteiger partial charge on any atom is -0.393 e. The van der Waals surface area contributed by atoms with Gasteiger partial charge in [0.2, 0.25) is 0 Å². The molecular weight excluding hydrogens is 348 g/mol. The van der Waals surface area contributed by atoms with Gasteiger partial charge in [0.15, 0.2) is 0 Å². The Kier molecular flexibility index (Phi) is 18.3. The van der Waals surface area contributed by atoms with Crippen molar-refractivity contribution in [1.82, 2.24) is 0 Å². The largest absolute Gasteiger partial charge is 0.528 e. The summed E-state index contributed by atoms with van der Waals surface area (Å²) in [5.41, 5.74) is 0. The third-order valence-electron chi connectivity index (χ3n) is 2.72. The van der Waals surface area contributed by atoms with Gasteiger partial charge in [-0.05, 0) is 41.2 Å². The Morgan fingerprint density at radius 3 is 1.12 bits per heavy atom. The second-order valence-electron chi connectivity index (χ2n) is 4.85. The molecule has 0 atom stereocenters. The van der Waals surface area contributed by atoms with E-state index in [9.17, 15) is 0 Å². The molecule has 0 heterocycles. The van der Waals surface area contributed by atoms with E-state index < -0.39 is 17.4 Å². The van der Waals surface area contributed by atoms with E-state index in [2.05, 4.69) is 0 Å². The van der Waals surface area contributed by atoms with Crippen LogP contribution < -0.4 is 0 Å². The van der Waals surface area contributed by atoms with E-state index in [1.807, 2.05) is 41.2 Å². The van der Waals surface area contributed by atoms with Crippen molar-refractivity contribution in [2.75, 3.05) is 59.7 Å². The first kappa shape index (κ1) is 26.4. The van der Waals surface area contributed by atoms with Gasteiger partial charge in [0.1, 0.15) is 6.23 Å². The highest BCUT2D eigenvalue weighted by Gasteiger charge is 2.40. The Hall–Kier alpha value is 0.154. The molecule has 7 nitrogen and oxygen atoms in total. The fraction of sp³-hybridized carbons (Fsp3) is 1.00. The predicted octanol–water partition coefficient (Wildman–Crippen LogP) is 2.54. The lowest BCUT2D eigenvalue weighted by molar-refractivity contribution is 0.0412. The number of rotatable bonds is 14. The van der Waals surface area contributed by atoms with Crippen LogP contribution in [-0.2, 0) is 31.6 Å². The average Bonchev–Trinajstić information content (AvgIpc) is 2.49. The van der Waals surface area contributed by atoms with E-state index in [1.54, 1.807) is 14.2 Å². The maximum Gasteiger partial charge on any atom is 0.528 e. The zero-order valence-electron chi connectivity index (χ0n) is 16.8. The summed E-state index contributed by atoms with van der Waals surface area (Å²) in [4.78, 5) is 0. The van der Waals surface area contributed by atoms with Crippen molar-refractivity contribution in [2.45, 2.75) is 41.2 Å². The summed E-state index contributed by atoms with van der Waals surface area (Å²) >= 11 is 0. The molecule has 0 spiro atoms. The molecule has 0 aromatic heterocycles. The summed E-state index contributed by atoms with van der Waals surface area (Å²) in [5.74, 6) is 0. The molecular formula is C15H38O7Si2. The maximum atomic E-state index is 5.52. The minimum absolute atomic E-state index is 0.419. The lowest BCUT2D eigenvalue weighted by Crippen LogP contribution is -2.50. The van der Waals surface area contributed by atoms with Gasteiger partial charge in [0, 0.05) is 47.3 Å². The molecule has 0 radical (unpaired) electrons. The van der Waals surface area contributed by atoms with E-state index in [1.165, 1.54) is 0 Å². The van der Waals surface area contributed by atoms with Crippen molar-refractivity contribution in [2.24, 2.45) is 0 Å². The first-order valence-corrected chi connectivity index (χ1v) is 13.1. The quantitative estimate of drug-likeness (QED) is 0.425. The van der Waals surface area contributed by atoms with E-state index in [-0.39, 0.29) is 0 Å². The van der Waals surface area contributed by atoms with Gasteiger partial charge in [-0.3, -0.25) is 0 Å². The number of methoxy groups -OCH3 is 2. The smallest absolute Gasteiger partial charge is 0.393 e. The summed E-state index contributed by atoms with van der Waals surface area (Å²) in [6.45, 7) is 14.9. The SMILES string of the molecule is CCO[Si](C)(COC)OCC.CCO[Si](COC)(OCC)OCC. The van der Waals surface area contributed by atoms with Gasteiger partial charge in [-0.15, -0.1) is 0 Å². The van der Waals surface area contributed by atoms with Crippen molar-refractivity contribution >= 4 is 17.4 Å². The summed E-state index contributed by atoms with van der Waals surface area (Å²) in [7, 11) is -1.20. The van der Waals surface area contributed by atoms with Crippen LogP contribution in [0.1, 0.15) is 34.6 Å². The molecule has 0 amide bonds.